The van der Waals surface area contributed by atoms with Gasteiger partial charge in [0.15, 0.2) is 0 Å². The Bertz CT molecular complexity index is 622. The summed E-state index contributed by atoms with van der Waals surface area (Å²) in [6.45, 7) is 0. The van der Waals surface area contributed by atoms with Crippen molar-refractivity contribution in [3.05, 3.63) is 35.4 Å². The van der Waals surface area contributed by atoms with Gasteiger partial charge in [0.1, 0.15) is 6.04 Å². The molecule has 0 fully saturated rings. The third-order valence-corrected chi connectivity index (χ3v) is 3.50. The van der Waals surface area contributed by atoms with Crippen LogP contribution in [0.15, 0.2) is 24.3 Å². The maximum absolute atomic E-state index is 12.5. The molecule has 1 amide bonds. The number of carbonyl (C=O) groups is 2. The number of nitriles is 1. The lowest BCUT2D eigenvalue weighted by atomic mass is 10.1. The molecule has 0 saturated heterocycles. The molecule has 5 nitrogen and oxygen atoms in total. The van der Waals surface area contributed by atoms with Gasteiger partial charge in [-0.25, -0.2) is 4.79 Å². The van der Waals surface area contributed by atoms with E-state index in [2.05, 4.69) is 10.1 Å². The number of nitrogens with zero attached hydrogens (tertiary/aromatic N) is 1. The van der Waals surface area contributed by atoms with Crippen molar-refractivity contribution in [2.45, 2.75) is 44.3 Å². The molecule has 0 aromatic heterocycles. The topological polar surface area (TPSA) is 79.2 Å². The molecular weight excluding hydrogens is 337 g/mol. The number of rotatable bonds is 8. The summed E-state index contributed by atoms with van der Waals surface area (Å²) >= 11 is 0. The summed E-state index contributed by atoms with van der Waals surface area (Å²) in [5, 5.41) is 11.0. The number of nitrogens with one attached hydrogen (secondary N) is 1. The predicted octanol–water partition coefficient (Wildman–Crippen LogP) is 2.99. The van der Waals surface area contributed by atoms with Crippen LogP contribution in [0.3, 0.4) is 0 Å². The summed E-state index contributed by atoms with van der Waals surface area (Å²) in [6.07, 6.45) is -2.74. The predicted molar refractivity (Wildman–Crippen MR) is 83.2 cm³/mol. The van der Waals surface area contributed by atoms with Gasteiger partial charge in [0.2, 0.25) is 5.91 Å². The summed E-state index contributed by atoms with van der Waals surface area (Å²) in [6, 6.07) is 5.41. The lowest BCUT2D eigenvalue weighted by Gasteiger charge is -2.16. The number of amides is 1. The number of halogens is 3. The Kier molecular flexibility index (Phi) is 7.92. The van der Waals surface area contributed by atoms with Gasteiger partial charge < -0.3 is 10.1 Å². The molecule has 0 spiro atoms. The Balaban J connectivity index is 2.61. The number of methoxy groups -OCH3 is 1. The van der Waals surface area contributed by atoms with Crippen LogP contribution in [0.4, 0.5) is 13.2 Å². The van der Waals surface area contributed by atoms with E-state index in [1.54, 1.807) is 0 Å². The summed E-state index contributed by atoms with van der Waals surface area (Å²) in [4.78, 5) is 23.7. The minimum Gasteiger partial charge on any atom is -0.467 e. The molecule has 0 radical (unpaired) electrons. The largest absolute Gasteiger partial charge is 0.467 e. The molecule has 8 heteroatoms. The fourth-order valence-corrected chi connectivity index (χ4v) is 2.19. The Morgan fingerprint density at radius 1 is 1.24 bits per heavy atom. The van der Waals surface area contributed by atoms with Crippen LogP contribution in [0.5, 0.6) is 0 Å². The van der Waals surface area contributed by atoms with Crippen LogP contribution in [-0.2, 0) is 26.9 Å². The molecule has 0 aliphatic heterocycles. The zero-order chi connectivity index (χ0) is 18.9. The van der Waals surface area contributed by atoms with Gasteiger partial charge in [-0.15, -0.1) is 0 Å². The average Bonchev–Trinajstić information content (AvgIpc) is 2.56. The average molecular weight is 356 g/mol. The van der Waals surface area contributed by atoms with E-state index in [0.29, 0.717) is 31.2 Å². The van der Waals surface area contributed by atoms with E-state index in [0.717, 1.165) is 12.1 Å². The van der Waals surface area contributed by atoms with E-state index in [9.17, 15) is 22.8 Å². The SMILES string of the molecule is COC(=O)[C@@H](CCCCC#N)NC(=O)Cc1ccc(C(F)(F)F)cc1. The van der Waals surface area contributed by atoms with Crippen LogP contribution < -0.4 is 5.32 Å². The third kappa shape index (κ3) is 7.25. The molecule has 0 heterocycles. The number of esters is 1. The lowest BCUT2D eigenvalue weighted by molar-refractivity contribution is -0.145. The first-order valence-corrected chi connectivity index (χ1v) is 7.68. The zero-order valence-electron chi connectivity index (χ0n) is 13.7. The molecule has 1 atom stereocenters. The second-order valence-electron chi connectivity index (χ2n) is 5.42. The number of carbonyl (C=O) groups excluding carboxylic acids is 2. The molecule has 0 aliphatic rings. The Morgan fingerprint density at radius 3 is 2.40 bits per heavy atom. The number of benzene rings is 1. The molecule has 1 N–H and O–H groups in total. The quantitative estimate of drug-likeness (QED) is 0.574. The van der Waals surface area contributed by atoms with Crippen LogP contribution in [0.1, 0.15) is 36.8 Å². The first kappa shape index (κ1) is 20.5. The van der Waals surface area contributed by atoms with Crippen molar-refractivity contribution in [1.82, 2.24) is 5.32 Å². The van der Waals surface area contributed by atoms with Gasteiger partial charge in [0, 0.05) is 6.42 Å². The molecule has 1 aromatic rings. The van der Waals surface area contributed by atoms with Crippen LogP contribution in [-0.4, -0.2) is 25.0 Å². The minimum atomic E-state index is -4.43. The summed E-state index contributed by atoms with van der Waals surface area (Å²) in [5.74, 6) is -1.09. The maximum Gasteiger partial charge on any atom is 0.416 e. The number of hydrogen-bond acceptors (Lipinski definition) is 4. The van der Waals surface area contributed by atoms with Gasteiger partial charge in [-0.1, -0.05) is 12.1 Å². The van der Waals surface area contributed by atoms with Gasteiger partial charge >= 0.3 is 12.1 Å². The third-order valence-electron chi connectivity index (χ3n) is 3.50. The van der Waals surface area contributed by atoms with Crippen molar-refractivity contribution in [3.8, 4) is 6.07 Å². The van der Waals surface area contributed by atoms with Crippen LogP contribution in [0.25, 0.3) is 0 Å². The van der Waals surface area contributed by atoms with Gasteiger partial charge in [-0.2, -0.15) is 18.4 Å². The van der Waals surface area contributed by atoms with Crippen molar-refractivity contribution in [1.29, 1.82) is 5.26 Å². The van der Waals surface area contributed by atoms with Crippen molar-refractivity contribution in [2.24, 2.45) is 0 Å². The second kappa shape index (κ2) is 9.67. The van der Waals surface area contributed by atoms with E-state index < -0.39 is 29.7 Å². The van der Waals surface area contributed by atoms with Crippen LogP contribution >= 0.6 is 0 Å². The first-order valence-electron chi connectivity index (χ1n) is 7.68. The minimum absolute atomic E-state index is 0.149. The molecule has 1 aromatic carbocycles. The molecule has 1 rings (SSSR count). The van der Waals surface area contributed by atoms with Gasteiger partial charge in [-0.05, 0) is 37.0 Å². The highest BCUT2D eigenvalue weighted by Gasteiger charge is 2.30. The fraction of sp³-hybridized carbons (Fsp3) is 0.471. The highest BCUT2D eigenvalue weighted by atomic mass is 19.4. The molecule has 0 bridgehead atoms. The van der Waals surface area contributed by atoms with E-state index in [4.69, 9.17) is 5.26 Å². The van der Waals surface area contributed by atoms with Crippen molar-refractivity contribution in [2.75, 3.05) is 7.11 Å². The van der Waals surface area contributed by atoms with Gasteiger partial charge in [0.05, 0.1) is 25.2 Å². The number of alkyl halides is 3. The van der Waals surface area contributed by atoms with Crippen LogP contribution in [0, 0.1) is 11.3 Å². The summed E-state index contributed by atoms with van der Waals surface area (Å²) in [5.41, 5.74) is -0.389. The molecule has 25 heavy (non-hydrogen) atoms. The van der Waals surface area contributed by atoms with Gasteiger partial charge in [-0.3, -0.25) is 4.79 Å². The van der Waals surface area contributed by atoms with Crippen molar-refractivity contribution < 1.29 is 27.5 Å². The Hall–Kier alpha value is -2.56. The maximum atomic E-state index is 12.5. The van der Waals surface area contributed by atoms with E-state index >= 15 is 0 Å². The molecule has 136 valence electrons. The monoisotopic (exact) mass is 356 g/mol. The Morgan fingerprint density at radius 2 is 1.88 bits per heavy atom. The fourth-order valence-electron chi connectivity index (χ4n) is 2.19. The van der Waals surface area contributed by atoms with E-state index in [-0.39, 0.29) is 6.42 Å². The highest BCUT2D eigenvalue weighted by molar-refractivity contribution is 5.85. The summed E-state index contributed by atoms with van der Waals surface area (Å²) in [7, 11) is 1.20. The smallest absolute Gasteiger partial charge is 0.416 e. The summed E-state index contributed by atoms with van der Waals surface area (Å²) < 4.78 is 42.1. The zero-order valence-corrected chi connectivity index (χ0v) is 13.7. The normalized spacial score (nSPS) is 12.1. The second-order valence-corrected chi connectivity index (χ2v) is 5.42. The molecular formula is C17H19F3N2O3. The highest BCUT2D eigenvalue weighted by Crippen LogP contribution is 2.29. The number of unbranched alkanes of at least 4 members (excludes halogenated alkanes) is 2. The molecule has 0 unspecified atom stereocenters. The Labute approximate surface area is 143 Å². The van der Waals surface area contributed by atoms with Crippen LogP contribution in [0.2, 0.25) is 0 Å². The number of ether oxygens (including phenoxy) is 1. The first-order chi connectivity index (χ1) is 11.8. The van der Waals surface area contributed by atoms with E-state index in [1.165, 1.54) is 19.2 Å². The van der Waals surface area contributed by atoms with Crippen molar-refractivity contribution >= 4 is 11.9 Å². The molecule has 0 aliphatic carbocycles. The number of hydrogen-bond donors (Lipinski definition) is 1. The molecule has 0 saturated carbocycles. The standard InChI is InChI=1S/C17H19F3N2O3/c1-25-16(24)14(5-3-2-4-10-21)22-15(23)11-12-6-8-13(9-7-12)17(18,19)20/h6-9,14H,2-5,11H2,1H3,(H,22,23)/t14-/m1/s1. The van der Waals surface area contributed by atoms with Gasteiger partial charge in [0.25, 0.3) is 0 Å². The van der Waals surface area contributed by atoms with Crippen molar-refractivity contribution in [3.63, 3.8) is 0 Å². The van der Waals surface area contributed by atoms with E-state index in [1.807, 2.05) is 6.07 Å². The lowest BCUT2D eigenvalue weighted by Crippen LogP contribution is -2.42.